The van der Waals surface area contributed by atoms with E-state index in [4.69, 9.17) is 27.9 Å². The quantitative estimate of drug-likeness (QED) is 0.799. The van der Waals surface area contributed by atoms with Crippen LogP contribution in [0, 0.1) is 0 Å². The van der Waals surface area contributed by atoms with Gasteiger partial charge in [0.2, 0.25) is 0 Å². The Labute approximate surface area is 129 Å². The second-order valence-electron chi connectivity index (χ2n) is 4.85. The molecule has 1 saturated heterocycles. The minimum Gasteiger partial charge on any atom is -0.376 e. The Kier molecular flexibility index (Phi) is 5.64. The molecule has 20 heavy (non-hydrogen) atoms. The van der Waals surface area contributed by atoms with Crippen molar-refractivity contribution in [3.8, 4) is 0 Å². The fourth-order valence-electron chi connectivity index (χ4n) is 2.26. The molecule has 1 aliphatic rings. The van der Waals surface area contributed by atoms with Gasteiger partial charge in [-0.15, -0.1) is 0 Å². The smallest absolute Gasteiger partial charge is 0.274 e. The Bertz CT molecular complexity index is 482. The SMILES string of the molecule is CCCOC1CCCN(C(=O)c2nc(Cl)ccc2Cl)C1. The lowest BCUT2D eigenvalue weighted by atomic mass is 10.1. The van der Waals surface area contributed by atoms with Crippen molar-refractivity contribution in [1.82, 2.24) is 9.88 Å². The van der Waals surface area contributed by atoms with E-state index in [1.807, 2.05) is 0 Å². The van der Waals surface area contributed by atoms with Crippen LogP contribution in [0.1, 0.15) is 36.7 Å². The van der Waals surface area contributed by atoms with Crippen LogP contribution in [-0.2, 0) is 4.74 Å². The van der Waals surface area contributed by atoms with Gasteiger partial charge in [-0.3, -0.25) is 4.79 Å². The highest BCUT2D eigenvalue weighted by Crippen LogP contribution is 2.21. The number of amides is 1. The minimum absolute atomic E-state index is 0.102. The van der Waals surface area contributed by atoms with Gasteiger partial charge < -0.3 is 9.64 Å². The van der Waals surface area contributed by atoms with Crippen LogP contribution in [-0.4, -0.2) is 41.6 Å². The molecule has 6 heteroatoms. The maximum absolute atomic E-state index is 12.5. The predicted molar refractivity (Wildman–Crippen MR) is 79.4 cm³/mol. The van der Waals surface area contributed by atoms with Crippen LogP contribution in [0.3, 0.4) is 0 Å². The van der Waals surface area contributed by atoms with Crippen molar-refractivity contribution in [2.75, 3.05) is 19.7 Å². The van der Waals surface area contributed by atoms with Crippen molar-refractivity contribution in [3.63, 3.8) is 0 Å². The molecule has 2 rings (SSSR count). The molecule has 0 N–H and O–H groups in total. The standard InChI is InChI=1S/C14H18Cl2N2O2/c1-2-8-20-10-4-3-7-18(9-10)14(19)13-11(15)5-6-12(16)17-13/h5-6,10H,2-4,7-9H2,1H3. The summed E-state index contributed by atoms with van der Waals surface area (Å²) in [4.78, 5) is 18.2. The third-order valence-electron chi connectivity index (χ3n) is 3.24. The molecule has 0 spiro atoms. The molecular weight excluding hydrogens is 299 g/mol. The van der Waals surface area contributed by atoms with Gasteiger partial charge in [0.1, 0.15) is 10.8 Å². The van der Waals surface area contributed by atoms with Gasteiger partial charge in [0.15, 0.2) is 0 Å². The van der Waals surface area contributed by atoms with E-state index in [0.29, 0.717) is 18.1 Å². The molecule has 1 atom stereocenters. The van der Waals surface area contributed by atoms with E-state index in [9.17, 15) is 4.79 Å². The molecule has 110 valence electrons. The fraction of sp³-hybridized carbons (Fsp3) is 0.571. The van der Waals surface area contributed by atoms with Crippen molar-refractivity contribution in [2.45, 2.75) is 32.3 Å². The summed E-state index contributed by atoms with van der Waals surface area (Å²) in [6.07, 6.45) is 3.00. The van der Waals surface area contributed by atoms with E-state index < -0.39 is 0 Å². The number of likely N-dealkylation sites (tertiary alicyclic amines) is 1. The number of halogens is 2. The highest BCUT2D eigenvalue weighted by atomic mass is 35.5. The van der Waals surface area contributed by atoms with Gasteiger partial charge in [0.05, 0.1) is 11.1 Å². The predicted octanol–water partition coefficient (Wildman–Crippen LogP) is 3.42. The topological polar surface area (TPSA) is 42.4 Å². The first-order valence-corrected chi connectivity index (χ1v) is 7.60. The number of pyridine rings is 1. The van der Waals surface area contributed by atoms with Crippen molar-refractivity contribution < 1.29 is 9.53 Å². The minimum atomic E-state index is -0.178. The van der Waals surface area contributed by atoms with Crippen molar-refractivity contribution in [1.29, 1.82) is 0 Å². The lowest BCUT2D eigenvalue weighted by molar-refractivity contribution is 0.00193. The number of piperidine rings is 1. The Morgan fingerprint density at radius 2 is 2.30 bits per heavy atom. The molecular formula is C14H18Cl2N2O2. The number of hydrogen-bond acceptors (Lipinski definition) is 3. The van der Waals surface area contributed by atoms with Crippen LogP contribution < -0.4 is 0 Å². The zero-order chi connectivity index (χ0) is 14.5. The summed E-state index contributed by atoms with van der Waals surface area (Å²) < 4.78 is 5.73. The zero-order valence-electron chi connectivity index (χ0n) is 11.4. The van der Waals surface area contributed by atoms with Gasteiger partial charge in [-0.05, 0) is 31.4 Å². The molecule has 1 aromatic heterocycles. The maximum Gasteiger partial charge on any atom is 0.274 e. The zero-order valence-corrected chi connectivity index (χ0v) is 13.0. The Hall–Kier alpha value is -0.840. The number of hydrogen-bond donors (Lipinski definition) is 0. The summed E-state index contributed by atoms with van der Waals surface area (Å²) in [5.41, 5.74) is 0.218. The summed E-state index contributed by atoms with van der Waals surface area (Å²) in [5.74, 6) is -0.178. The lowest BCUT2D eigenvalue weighted by Crippen LogP contribution is -2.43. The summed E-state index contributed by atoms with van der Waals surface area (Å²) in [7, 11) is 0. The first kappa shape index (κ1) is 15.5. The van der Waals surface area contributed by atoms with Gasteiger partial charge in [0.25, 0.3) is 5.91 Å². The van der Waals surface area contributed by atoms with Gasteiger partial charge in [0, 0.05) is 19.7 Å². The fourth-order valence-corrected chi connectivity index (χ4v) is 2.59. The molecule has 1 unspecified atom stereocenters. The first-order chi connectivity index (χ1) is 9.61. The van der Waals surface area contributed by atoms with Crippen LogP contribution in [0.4, 0.5) is 0 Å². The second-order valence-corrected chi connectivity index (χ2v) is 5.65. The van der Waals surface area contributed by atoms with Crippen LogP contribution in [0.2, 0.25) is 10.2 Å². The third kappa shape index (κ3) is 3.84. The third-order valence-corrected chi connectivity index (χ3v) is 3.75. The number of carbonyl (C=O) groups excluding carboxylic acids is 1. The molecule has 0 aromatic carbocycles. The van der Waals surface area contributed by atoms with Gasteiger partial charge in [-0.2, -0.15) is 0 Å². The van der Waals surface area contributed by atoms with Crippen LogP contribution in [0.25, 0.3) is 0 Å². The largest absolute Gasteiger partial charge is 0.376 e. The summed E-state index contributed by atoms with van der Waals surface area (Å²) in [6.45, 7) is 4.09. The second kappa shape index (κ2) is 7.25. The van der Waals surface area contributed by atoms with E-state index in [2.05, 4.69) is 11.9 Å². The highest BCUT2D eigenvalue weighted by Gasteiger charge is 2.27. The molecule has 0 saturated carbocycles. The van der Waals surface area contributed by atoms with E-state index >= 15 is 0 Å². The molecule has 0 bridgehead atoms. The molecule has 2 heterocycles. The molecule has 0 aliphatic carbocycles. The summed E-state index contributed by atoms with van der Waals surface area (Å²) in [6, 6.07) is 3.17. The van der Waals surface area contributed by atoms with Gasteiger partial charge in [-0.25, -0.2) is 4.98 Å². The number of aromatic nitrogens is 1. The van der Waals surface area contributed by atoms with Crippen LogP contribution in [0.5, 0.6) is 0 Å². The molecule has 1 fully saturated rings. The van der Waals surface area contributed by atoms with E-state index in [1.54, 1.807) is 17.0 Å². The monoisotopic (exact) mass is 316 g/mol. The summed E-state index contributed by atoms with van der Waals surface area (Å²) in [5, 5.41) is 0.601. The maximum atomic E-state index is 12.5. The summed E-state index contributed by atoms with van der Waals surface area (Å²) >= 11 is 11.9. The van der Waals surface area contributed by atoms with Gasteiger partial charge >= 0.3 is 0 Å². The Balaban J connectivity index is 2.06. The Morgan fingerprint density at radius 3 is 3.05 bits per heavy atom. The highest BCUT2D eigenvalue weighted by molar-refractivity contribution is 6.34. The number of carbonyl (C=O) groups is 1. The van der Waals surface area contributed by atoms with Crippen molar-refractivity contribution in [3.05, 3.63) is 28.0 Å². The number of rotatable bonds is 4. The normalized spacial score (nSPS) is 19.1. The molecule has 0 radical (unpaired) electrons. The van der Waals surface area contributed by atoms with E-state index in [-0.39, 0.29) is 22.9 Å². The molecule has 1 aliphatic heterocycles. The first-order valence-electron chi connectivity index (χ1n) is 6.84. The van der Waals surface area contributed by atoms with Crippen LogP contribution in [0.15, 0.2) is 12.1 Å². The molecule has 1 aromatic rings. The van der Waals surface area contributed by atoms with Gasteiger partial charge in [-0.1, -0.05) is 30.1 Å². The number of nitrogens with zero attached hydrogens (tertiary/aromatic N) is 2. The Morgan fingerprint density at radius 1 is 1.50 bits per heavy atom. The average Bonchev–Trinajstić information content (AvgIpc) is 2.47. The van der Waals surface area contributed by atoms with Crippen molar-refractivity contribution >= 4 is 29.1 Å². The number of ether oxygens (including phenoxy) is 1. The average molecular weight is 317 g/mol. The molecule has 1 amide bonds. The van der Waals surface area contributed by atoms with E-state index in [0.717, 1.165) is 25.9 Å². The van der Waals surface area contributed by atoms with Crippen LogP contribution >= 0.6 is 23.2 Å². The van der Waals surface area contributed by atoms with Crippen molar-refractivity contribution in [2.24, 2.45) is 0 Å². The van der Waals surface area contributed by atoms with E-state index in [1.165, 1.54) is 0 Å². The molecule has 4 nitrogen and oxygen atoms in total. The lowest BCUT2D eigenvalue weighted by Gasteiger charge is -2.32.